The minimum absolute atomic E-state index is 0.0251. The minimum atomic E-state index is -4.89. The molecule has 36 heavy (non-hydrogen) atoms. The number of hydrogen-bond donors (Lipinski definition) is 0. The molecule has 0 aliphatic carbocycles. The van der Waals surface area contributed by atoms with Crippen LogP contribution in [0.25, 0.3) is 0 Å². The maximum atomic E-state index is 13.8. The number of sulfonamides is 1. The lowest BCUT2D eigenvalue weighted by Gasteiger charge is -2.39. The zero-order chi connectivity index (χ0) is 25.8. The van der Waals surface area contributed by atoms with Crippen LogP contribution < -0.4 is 13.8 Å². The largest absolute Gasteiger partial charge is 0.573 e. The van der Waals surface area contributed by atoms with Gasteiger partial charge in [0.2, 0.25) is 0 Å². The lowest BCUT2D eigenvalue weighted by molar-refractivity contribution is -0.274. The van der Waals surface area contributed by atoms with Crippen molar-refractivity contribution in [2.45, 2.75) is 36.7 Å². The van der Waals surface area contributed by atoms with Crippen LogP contribution in [0.5, 0.6) is 11.5 Å². The van der Waals surface area contributed by atoms with E-state index in [0.717, 1.165) is 24.2 Å². The first-order chi connectivity index (χ1) is 17.2. The Hall–Kier alpha value is -3.24. The predicted octanol–water partition coefficient (Wildman–Crippen LogP) is 5.45. The summed E-state index contributed by atoms with van der Waals surface area (Å²) in [5.74, 6) is 0.0201. The molecule has 0 unspecified atom stereocenters. The number of halogens is 3. The fourth-order valence-electron chi connectivity index (χ4n) is 4.38. The van der Waals surface area contributed by atoms with E-state index in [1.54, 1.807) is 0 Å². The zero-order valence-electron chi connectivity index (χ0n) is 19.7. The van der Waals surface area contributed by atoms with Crippen LogP contribution in [0.2, 0.25) is 0 Å². The van der Waals surface area contributed by atoms with Gasteiger partial charge in [-0.3, -0.25) is 9.21 Å². The maximum Gasteiger partial charge on any atom is 0.573 e. The fraction of sp³-hybridized carbons (Fsp3) is 0.308. The SMILES string of the molecule is COc1ccc(S(=O)(=O)N(c2cccc(OC(F)(F)F)c2)C2CCN(Cc3ccccc3)CC2)cc1. The smallest absolute Gasteiger partial charge is 0.497 e. The Bertz CT molecular complexity index is 1240. The Morgan fingerprint density at radius 3 is 2.19 bits per heavy atom. The molecule has 1 saturated heterocycles. The predicted molar refractivity (Wildman–Crippen MR) is 131 cm³/mol. The Labute approximate surface area is 208 Å². The molecule has 1 aliphatic rings. The summed E-state index contributed by atoms with van der Waals surface area (Å²) in [4.78, 5) is 2.27. The van der Waals surface area contributed by atoms with Crippen LogP contribution in [0.15, 0.2) is 83.8 Å². The van der Waals surface area contributed by atoms with Crippen molar-refractivity contribution in [3.8, 4) is 11.5 Å². The molecule has 0 N–H and O–H groups in total. The molecule has 0 radical (unpaired) electrons. The van der Waals surface area contributed by atoms with Gasteiger partial charge in [-0.2, -0.15) is 0 Å². The summed E-state index contributed by atoms with van der Waals surface area (Å²) in [5, 5.41) is 0. The summed E-state index contributed by atoms with van der Waals surface area (Å²) in [5.41, 5.74) is 1.28. The zero-order valence-corrected chi connectivity index (χ0v) is 20.5. The number of alkyl halides is 3. The fourth-order valence-corrected chi connectivity index (χ4v) is 6.08. The molecule has 0 aromatic heterocycles. The van der Waals surface area contributed by atoms with E-state index in [-0.39, 0.29) is 10.6 Å². The van der Waals surface area contributed by atoms with E-state index >= 15 is 0 Å². The summed E-state index contributed by atoms with van der Waals surface area (Å²) in [6.45, 7) is 2.04. The molecule has 0 saturated carbocycles. The number of hydrogen-bond acceptors (Lipinski definition) is 5. The van der Waals surface area contributed by atoms with Gasteiger partial charge < -0.3 is 9.47 Å². The summed E-state index contributed by atoms with van der Waals surface area (Å²) in [7, 11) is -2.62. The monoisotopic (exact) mass is 520 g/mol. The second-order valence-electron chi connectivity index (χ2n) is 8.51. The topological polar surface area (TPSA) is 59.1 Å². The van der Waals surface area contributed by atoms with Gasteiger partial charge >= 0.3 is 6.36 Å². The van der Waals surface area contributed by atoms with Gasteiger partial charge in [0, 0.05) is 31.7 Å². The number of methoxy groups -OCH3 is 1. The standard InChI is InChI=1S/C26H27F3N2O4S/c1-34-23-10-12-25(13-11-23)36(32,33)31(22-8-5-9-24(18-22)35-26(27,28)29)21-14-16-30(17-15-21)19-20-6-3-2-4-7-20/h2-13,18,21H,14-17,19H2,1H3. The Kier molecular flexibility index (Phi) is 7.75. The van der Waals surface area contributed by atoms with Gasteiger partial charge in [0.25, 0.3) is 10.0 Å². The van der Waals surface area contributed by atoms with Crippen molar-refractivity contribution in [3.63, 3.8) is 0 Å². The molecule has 10 heteroatoms. The molecule has 0 amide bonds. The minimum Gasteiger partial charge on any atom is -0.497 e. The molecule has 4 rings (SSSR count). The van der Waals surface area contributed by atoms with Crippen LogP contribution in [0, 0.1) is 0 Å². The highest BCUT2D eigenvalue weighted by atomic mass is 32.2. The Balaban J connectivity index is 1.63. The first-order valence-corrected chi connectivity index (χ1v) is 12.9. The van der Waals surface area contributed by atoms with Gasteiger partial charge in [-0.1, -0.05) is 36.4 Å². The molecule has 3 aromatic carbocycles. The normalized spacial score (nSPS) is 15.4. The molecular formula is C26H27F3N2O4S. The number of anilines is 1. The van der Waals surface area contributed by atoms with Crippen molar-refractivity contribution in [1.82, 2.24) is 4.90 Å². The number of nitrogens with zero attached hydrogens (tertiary/aromatic N) is 2. The maximum absolute atomic E-state index is 13.8. The molecule has 0 spiro atoms. The first kappa shape index (κ1) is 25.8. The number of likely N-dealkylation sites (tertiary alicyclic amines) is 1. The van der Waals surface area contributed by atoms with E-state index in [1.165, 1.54) is 47.8 Å². The van der Waals surface area contributed by atoms with Gasteiger partial charge in [0.05, 0.1) is 17.7 Å². The Morgan fingerprint density at radius 2 is 1.58 bits per heavy atom. The van der Waals surface area contributed by atoms with Crippen LogP contribution in [0.1, 0.15) is 18.4 Å². The van der Waals surface area contributed by atoms with E-state index in [2.05, 4.69) is 9.64 Å². The molecule has 3 aromatic rings. The summed E-state index contributed by atoms with van der Waals surface area (Å²) in [6.07, 6.45) is -3.85. The van der Waals surface area contributed by atoms with Crippen LogP contribution in [-0.4, -0.2) is 45.9 Å². The Morgan fingerprint density at radius 1 is 0.917 bits per heavy atom. The molecule has 6 nitrogen and oxygen atoms in total. The molecule has 0 atom stereocenters. The van der Waals surface area contributed by atoms with Crippen molar-refractivity contribution in [2.24, 2.45) is 0 Å². The molecule has 0 bridgehead atoms. The second-order valence-corrected chi connectivity index (χ2v) is 10.3. The molecule has 1 fully saturated rings. The first-order valence-electron chi connectivity index (χ1n) is 11.5. The van der Waals surface area contributed by atoms with Crippen LogP contribution in [0.3, 0.4) is 0 Å². The quantitative estimate of drug-likeness (QED) is 0.395. The van der Waals surface area contributed by atoms with Crippen LogP contribution in [0.4, 0.5) is 18.9 Å². The number of benzene rings is 3. The van der Waals surface area contributed by atoms with Crippen LogP contribution >= 0.6 is 0 Å². The van der Waals surface area contributed by atoms with E-state index in [0.29, 0.717) is 31.7 Å². The van der Waals surface area contributed by atoms with Gasteiger partial charge in [0.15, 0.2) is 0 Å². The molecular weight excluding hydrogens is 493 g/mol. The highest BCUT2D eigenvalue weighted by molar-refractivity contribution is 7.92. The third kappa shape index (κ3) is 6.30. The second kappa shape index (κ2) is 10.8. The summed E-state index contributed by atoms with van der Waals surface area (Å²) < 4.78 is 76.6. The van der Waals surface area contributed by atoms with E-state index in [4.69, 9.17) is 4.74 Å². The highest BCUT2D eigenvalue weighted by Crippen LogP contribution is 2.34. The highest BCUT2D eigenvalue weighted by Gasteiger charge is 2.36. The average Bonchev–Trinajstić information content (AvgIpc) is 2.85. The third-order valence-corrected chi connectivity index (χ3v) is 7.95. The lowest BCUT2D eigenvalue weighted by Crippen LogP contribution is -2.47. The van der Waals surface area contributed by atoms with E-state index in [1.807, 2.05) is 30.3 Å². The van der Waals surface area contributed by atoms with Crippen LogP contribution in [-0.2, 0) is 16.6 Å². The number of ether oxygens (including phenoxy) is 2. The molecule has 1 aliphatic heterocycles. The van der Waals surface area contributed by atoms with Crippen molar-refractivity contribution >= 4 is 15.7 Å². The average molecular weight is 521 g/mol. The van der Waals surface area contributed by atoms with Gasteiger partial charge in [-0.15, -0.1) is 13.2 Å². The van der Waals surface area contributed by atoms with Crippen molar-refractivity contribution in [3.05, 3.63) is 84.4 Å². The van der Waals surface area contributed by atoms with Crippen molar-refractivity contribution in [2.75, 3.05) is 24.5 Å². The van der Waals surface area contributed by atoms with Gasteiger partial charge in [-0.05, 0) is 54.8 Å². The number of piperidine rings is 1. The summed E-state index contributed by atoms with van der Waals surface area (Å²) in [6, 6.07) is 20.6. The number of rotatable bonds is 8. The molecule has 1 heterocycles. The third-order valence-electron chi connectivity index (χ3n) is 6.06. The van der Waals surface area contributed by atoms with E-state index < -0.39 is 28.2 Å². The lowest BCUT2D eigenvalue weighted by atomic mass is 10.0. The molecule has 192 valence electrons. The van der Waals surface area contributed by atoms with E-state index in [9.17, 15) is 21.6 Å². The van der Waals surface area contributed by atoms with Gasteiger partial charge in [0.1, 0.15) is 11.5 Å². The summed E-state index contributed by atoms with van der Waals surface area (Å²) >= 11 is 0. The van der Waals surface area contributed by atoms with Gasteiger partial charge in [-0.25, -0.2) is 8.42 Å². The van der Waals surface area contributed by atoms with Crippen molar-refractivity contribution < 1.29 is 31.1 Å². The van der Waals surface area contributed by atoms with Crippen molar-refractivity contribution in [1.29, 1.82) is 0 Å².